The third kappa shape index (κ3) is 4.80. The zero-order chi connectivity index (χ0) is 15.2. The number of hydrogen-bond acceptors (Lipinski definition) is 3. The number of rotatable bonds is 7. The van der Waals surface area contributed by atoms with Gasteiger partial charge < -0.3 is 15.0 Å². The maximum absolute atomic E-state index is 5.28. The van der Waals surface area contributed by atoms with Gasteiger partial charge in [-0.3, -0.25) is 0 Å². The predicted molar refractivity (Wildman–Crippen MR) is 88.8 cm³/mol. The molecule has 0 aromatic heterocycles. The number of nitrogens with zero attached hydrogens (tertiary/aromatic N) is 1. The zero-order valence-corrected chi connectivity index (χ0v) is 14.0. The molecule has 1 aromatic carbocycles. The summed E-state index contributed by atoms with van der Waals surface area (Å²) in [6.45, 7) is 8.84. The van der Waals surface area contributed by atoms with E-state index in [2.05, 4.69) is 49.3 Å². The summed E-state index contributed by atoms with van der Waals surface area (Å²) in [4.78, 5) is 2.58. The molecule has 0 amide bonds. The highest BCUT2D eigenvalue weighted by Crippen LogP contribution is 2.22. The van der Waals surface area contributed by atoms with Crippen LogP contribution in [0, 0.1) is 19.8 Å². The lowest BCUT2D eigenvalue weighted by Crippen LogP contribution is -2.27. The van der Waals surface area contributed by atoms with Crippen LogP contribution in [0.4, 0.5) is 0 Å². The topological polar surface area (TPSA) is 24.5 Å². The van der Waals surface area contributed by atoms with Gasteiger partial charge in [-0.1, -0.05) is 29.3 Å². The van der Waals surface area contributed by atoms with Crippen molar-refractivity contribution in [3.8, 4) is 0 Å². The quantitative estimate of drug-likeness (QED) is 0.835. The van der Waals surface area contributed by atoms with Gasteiger partial charge in [0, 0.05) is 19.7 Å². The van der Waals surface area contributed by atoms with E-state index in [0.29, 0.717) is 6.04 Å². The fourth-order valence-corrected chi connectivity index (χ4v) is 3.49. The maximum atomic E-state index is 5.28. The lowest BCUT2D eigenvalue weighted by molar-refractivity contribution is 0.153. The zero-order valence-electron chi connectivity index (χ0n) is 14.0. The second kappa shape index (κ2) is 7.92. The van der Waals surface area contributed by atoms with E-state index in [0.717, 1.165) is 12.5 Å². The highest BCUT2D eigenvalue weighted by atomic mass is 16.5. The summed E-state index contributed by atoms with van der Waals surface area (Å²) in [6.07, 6.45) is 2.45. The van der Waals surface area contributed by atoms with E-state index in [1.165, 1.54) is 49.2 Å². The van der Waals surface area contributed by atoms with Gasteiger partial charge in [-0.05, 0) is 58.3 Å². The minimum absolute atomic E-state index is 0.449. The lowest BCUT2D eigenvalue weighted by atomic mass is 9.99. The number of hydrogen-bond donors (Lipinski definition) is 1. The fourth-order valence-electron chi connectivity index (χ4n) is 3.49. The first kappa shape index (κ1) is 16.5. The third-order valence-corrected chi connectivity index (χ3v) is 4.50. The van der Waals surface area contributed by atoms with Crippen LogP contribution in [0.25, 0.3) is 0 Å². The largest absolute Gasteiger partial charge is 0.384 e. The summed E-state index contributed by atoms with van der Waals surface area (Å²) < 4.78 is 5.28. The Balaban J connectivity index is 1.88. The highest BCUT2D eigenvalue weighted by Gasteiger charge is 2.22. The van der Waals surface area contributed by atoms with Gasteiger partial charge in [-0.2, -0.15) is 0 Å². The minimum atomic E-state index is 0.449. The van der Waals surface area contributed by atoms with Gasteiger partial charge in [0.15, 0.2) is 0 Å². The highest BCUT2D eigenvalue weighted by molar-refractivity contribution is 5.30. The normalized spacial score (nSPS) is 20.9. The molecule has 3 heteroatoms. The Hall–Kier alpha value is -0.900. The van der Waals surface area contributed by atoms with Gasteiger partial charge >= 0.3 is 0 Å². The molecular weight excluding hydrogens is 260 g/mol. The van der Waals surface area contributed by atoms with Crippen LogP contribution in [-0.2, 0) is 4.74 Å². The Morgan fingerprint density at radius 3 is 2.62 bits per heavy atom. The smallest absolute Gasteiger partial charge is 0.0503 e. The molecule has 3 nitrogen and oxygen atoms in total. The number of aryl methyl sites for hydroxylation is 2. The molecule has 0 spiro atoms. The monoisotopic (exact) mass is 290 g/mol. The van der Waals surface area contributed by atoms with Crippen LogP contribution in [-0.4, -0.2) is 45.3 Å². The molecule has 1 aromatic rings. The Morgan fingerprint density at radius 1 is 1.29 bits per heavy atom. The van der Waals surface area contributed by atoms with Crippen molar-refractivity contribution in [2.45, 2.75) is 32.7 Å². The van der Waals surface area contributed by atoms with Gasteiger partial charge in [-0.25, -0.2) is 0 Å². The molecule has 0 bridgehead atoms. The van der Waals surface area contributed by atoms with Crippen molar-refractivity contribution in [3.63, 3.8) is 0 Å². The molecule has 1 fully saturated rings. The van der Waals surface area contributed by atoms with Crippen LogP contribution < -0.4 is 5.32 Å². The molecule has 0 saturated carbocycles. The Kier molecular flexibility index (Phi) is 6.22. The van der Waals surface area contributed by atoms with Crippen LogP contribution in [0.3, 0.4) is 0 Å². The number of ether oxygens (including phenoxy) is 1. The molecule has 21 heavy (non-hydrogen) atoms. The van der Waals surface area contributed by atoms with Gasteiger partial charge in [0.25, 0.3) is 0 Å². The van der Waals surface area contributed by atoms with Crippen LogP contribution in [0.2, 0.25) is 0 Å². The Labute approximate surface area is 129 Å². The summed E-state index contributed by atoms with van der Waals surface area (Å²) in [5.74, 6) is 0.726. The van der Waals surface area contributed by atoms with E-state index in [1.807, 2.05) is 0 Å². The molecule has 1 aliphatic heterocycles. The van der Waals surface area contributed by atoms with E-state index < -0.39 is 0 Å². The van der Waals surface area contributed by atoms with Crippen LogP contribution in [0.15, 0.2) is 18.2 Å². The van der Waals surface area contributed by atoms with Crippen LogP contribution in [0.1, 0.15) is 35.6 Å². The summed E-state index contributed by atoms with van der Waals surface area (Å²) in [7, 11) is 3.87. The van der Waals surface area contributed by atoms with E-state index in [4.69, 9.17) is 4.74 Å². The summed E-state index contributed by atoms with van der Waals surface area (Å²) in [6, 6.07) is 7.31. The van der Waals surface area contributed by atoms with Crippen molar-refractivity contribution >= 4 is 0 Å². The summed E-state index contributed by atoms with van der Waals surface area (Å²) in [5, 5.41) is 3.48. The van der Waals surface area contributed by atoms with Crippen LogP contribution >= 0.6 is 0 Å². The SMILES string of the molecule is CNC(CCN1CCC(COC)C1)c1cc(C)cc(C)c1. The van der Waals surface area contributed by atoms with Crippen LogP contribution in [0.5, 0.6) is 0 Å². The van der Waals surface area contributed by atoms with E-state index in [1.54, 1.807) is 7.11 Å². The third-order valence-electron chi connectivity index (χ3n) is 4.50. The standard InChI is InChI=1S/C18H30N2O/c1-14-9-15(2)11-17(10-14)18(19-3)6-8-20-7-5-16(12-20)13-21-4/h9-11,16,18-19H,5-8,12-13H2,1-4H3. The van der Waals surface area contributed by atoms with Crippen molar-refractivity contribution in [3.05, 3.63) is 34.9 Å². The summed E-state index contributed by atoms with van der Waals surface area (Å²) in [5.41, 5.74) is 4.13. The van der Waals surface area contributed by atoms with E-state index >= 15 is 0 Å². The molecule has 1 saturated heterocycles. The number of nitrogens with one attached hydrogen (secondary N) is 1. The average Bonchev–Trinajstić information content (AvgIpc) is 2.86. The summed E-state index contributed by atoms with van der Waals surface area (Å²) >= 11 is 0. The molecule has 1 aliphatic rings. The van der Waals surface area contributed by atoms with Gasteiger partial charge in [0.2, 0.25) is 0 Å². The predicted octanol–water partition coefficient (Wildman–Crippen LogP) is 2.92. The molecule has 1 heterocycles. The average molecular weight is 290 g/mol. The molecule has 2 atom stereocenters. The number of likely N-dealkylation sites (tertiary alicyclic amines) is 1. The molecule has 1 N–H and O–H groups in total. The first-order valence-electron chi connectivity index (χ1n) is 8.09. The molecule has 0 aliphatic carbocycles. The fraction of sp³-hybridized carbons (Fsp3) is 0.667. The molecule has 0 radical (unpaired) electrons. The Bertz CT molecular complexity index is 427. The van der Waals surface area contributed by atoms with Crippen molar-refractivity contribution in [2.75, 3.05) is 40.4 Å². The van der Waals surface area contributed by atoms with Gasteiger partial charge in [0.05, 0.1) is 6.61 Å². The Morgan fingerprint density at radius 2 is 2.00 bits per heavy atom. The molecule has 118 valence electrons. The number of methoxy groups -OCH3 is 1. The molecule has 2 rings (SSSR count). The second-order valence-electron chi connectivity index (χ2n) is 6.46. The van der Waals surface area contributed by atoms with Crippen molar-refractivity contribution in [1.82, 2.24) is 10.2 Å². The molecule has 2 unspecified atom stereocenters. The molecular formula is C18H30N2O. The lowest BCUT2D eigenvalue weighted by Gasteiger charge is -2.22. The van der Waals surface area contributed by atoms with Crippen molar-refractivity contribution in [1.29, 1.82) is 0 Å². The first-order chi connectivity index (χ1) is 10.1. The second-order valence-corrected chi connectivity index (χ2v) is 6.46. The van der Waals surface area contributed by atoms with Gasteiger partial charge in [-0.15, -0.1) is 0 Å². The minimum Gasteiger partial charge on any atom is -0.384 e. The van der Waals surface area contributed by atoms with E-state index in [9.17, 15) is 0 Å². The van der Waals surface area contributed by atoms with E-state index in [-0.39, 0.29) is 0 Å². The number of benzene rings is 1. The van der Waals surface area contributed by atoms with Gasteiger partial charge in [0.1, 0.15) is 0 Å². The van der Waals surface area contributed by atoms with Crippen molar-refractivity contribution in [2.24, 2.45) is 5.92 Å². The maximum Gasteiger partial charge on any atom is 0.0503 e. The first-order valence-corrected chi connectivity index (χ1v) is 8.09. The van der Waals surface area contributed by atoms with Crippen molar-refractivity contribution < 1.29 is 4.74 Å².